The Hall–Kier alpha value is -1.33. The largest absolute Gasteiger partial charge is 0.384 e. The maximum absolute atomic E-state index is 11.7. The maximum Gasteiger partial charge on any atom is 0.177 e. The van der Waals surface area contributed by atoms with Crippen LogP contribution in [0.4, 0.5) is 5.69 Å². The molecule has 1 N–H and O–H groups in total. The molecule has 0 unspecified atom stereocenters. The summed E-state index contributed by atoms with van der Waals surface area (Å²) < 4.78 is 28.6. The second-order valence-electron chi connectivity index (χ2n) is 4.63. The fourth-order valence-electron chi connectivity index (χ4n) is 2.09. The number of hydrogen-bond donors (Lipinski definition) is 1. The first-order valence-corrected chi connectivity index (χ1v) is 8.25. The summed E-state index contributed by atoms with van der Waals surface area (Å²) in [6.45, 7) is 2.21. The Balaban J connectivity index is 1.98. The van der Waals surface area contributed by atoms with E-state index in [1.165, 1.54) is 11.8 Å². The molecule has 1 aromatic rings. The molecule has 1 aliphatic heterocycles. The molecule has 0 fully saturated rings. The SMILES string of the molecule is CS(=O)(=O)c1ccccc1NCCC1=CCOCC1. The van der Waals surface area contributed by atoms with Crippen LogP contribution in [0.15, 0.2) is 40.8 Å². The van der Waals surface area contributed by atoms with Crippen molar-refractivity contribution in [2.45, 2.75) is 17.7 Å². The fraction of sp³-hybridized carbons (Fsp3) is 0.429. The van der Waals surface area contributed by atoms with Crippen LogP contribution in [0.5, 0.6) is 0 Å². The minimum absolute atomic E-state index is 0.357. The van der Waals surface area contributed by atoms with Gasteiger partial charge in [-0.1, -0.05) is 23.8 Å². The van der Waals surface area contributed by atoms with Crippen molar-refractivity contribution in [3.05, 3.63) is 35.9 Å². The summed E-state index contributed by atoms with van der Waals surface area (Å²) >= 11 is 0. The van der Waals surface area contributed by atoms with Crippen molar-refractivity contribution in [2.75, 3.05) is 31.3 Å². The molecular formula is C14H19NO3S. The van der Waals surface area contributed by atoms with E-state index >= 15 is 0 Å². The monoisotopic (exact) mass is 281 g/mol. The number of nitrogens with one attached hydrogen (secondary N) is 1. The number of benzene rings is 1. The van der Waals surface area contributed by atoms with Crippen LogP contribution in [-0.4, -0.2) is 34.4 Å². The lowest BCUT2D eigenvalue weighted by molar-refractivity contribution is 0.153. The van der Waals surface area contributed by atoms with Crippen LogP contribution in [0, 0.1) is 0 Å². The second kappa shape index (κ2) is 6.21. The molecule has 0 amide bonds. The first-order valence-electron chi connectivity index (χ1n) is 6.36. The van der Waals surface area contributed by atoms with Crippen LogP contribution in [0.25, 0.3) is 0 Å². The predicted octanol–water partition coefficient (Wildman–Crippen LogP) is 2.24. The summed E-state index contributed by atoms with van der Waals surface area (Å²) in [5.74, 6) is 0. The van der Waals surface area contributed by atoms with E-state index in [-0.39, 0.29) is 0 Å². The Morgan fingerprint density at radius 3 is 2.79 bits per heavy atom. The van der Waals surface area contributed by atoms with Gasteiger partial charge in [0.05, 0.1) is 23.8 Å². The molecule has 0 saturated carbocycles. The van der Waals surface area contributed by atoms with Gasteiger partial charge in [0.15, 0.2) is 9.84 Å². The molecule has 0 radical (unpaired) electrons. The second-order valence-corrected chi connectivity index (χ2v) is 6.62. The Morgan fingerprint density at radius 1 is 1.32 bits per heavy atom. The minimum Gasteiger partial charge on any atom is -0.384 e. The molecule has 0 bridgehead atoms. The van der Waals surface area contributed by atoms with Gasteiger partial charge in [-0.05, 0) is 25.0 Å². The van der Waals surface area contributed by atoms with Crippen LogP contribution < -0.4 is 5.32 Å². The smallest absolute Gasteiger partial charge is 0.177 e. The van der Waals surface area contributed by atoms with Gasteiger partial charge in [-0.2, -0.15) is 0 Å². The Kier molecular flexibility index (Phi) is 4.61. The number of ether oxygens (including phenoxy) is 1. The van der Waals surface area contributed by atoms with E-state index in [1.807, 2.05) is 6.07 Å². The number of anilines is 1. The normalized spacial score (nSPS) is 15.9. The van der Waals surface area contributed by atoms with Gasteiger partial charge in [0.2, 0.25) is 0 Å². The number of rotatable bonds is 5. The summed E-state index contributed by atoms with van der Waals surface area (Å²) in [7, 11) is -3.19. The summed E-state index contributed by atoms with van der Waals surface area (Å²) in [6, 6.07) is 7.01. The fourth-order valence-corrected chi connectivity index (χ4v) is 2.95. The van der Waals surface area contributed by atoms with Crippen molar-refractivity contribution in [1.82, 2.24) is 0 Å². The van der Waals surface area contributed by atoms with Crippen molar-refractivity contribution in [1.29, 1.82) is 0 Å². The molecule has 2 rings (SSSR count). The highest BCUT2D eigenvalue weighted by Crippen LogP contribution is 2.21. The van der Waals surface area contributed by atoms with Gasteiger partial charge < -0.3 is 10.1 Å². The topological polar surface area (TPSA) is 55.4 Å². The Morgan fingerprint density at radius 2 is 2.11 bits per heavy atom. The minimum atomic E-state index is -3.19. The average Bonchev–Trinajstić information content (AvgIpc) is 2.39. The van der Waals surface area contributed by atoms with Crippen LogP contribution >= 0.6 is 0 Å². The number of para-hydroxylation sites is 1. The van der Waals surface area contributed by atoms with E-state index in [0.717, 1.165) is 26.0 Å². The molecule has 0 aromatic heterocycles. The standard InChI is InChI=1S/C14H19NO3S/c1-19(16,17)14-5-3-2-4-13(14)15-9-6-12-7-10-18-11-8-12/h2-5,7,15H,6,8-11H2,1H3. The zero-order chi connectivity index (χ0) is 13.7. The van der Waals surface area contributed by atoms with Crippen LogP contribution in [-0.2, 0) is 14.6 Å². The molecule has 0 atom stereocenters. The highest BCUT2D eigenvalue weighted by molar-refractivity contribution is 7.90. The lowest BCUT2D eigenvalue weighted by atomic mass is 10.1. The van der Waals surface area contributed by atoms with Crippen molar-refractivity contribution in [3.8, 4) is 0 Å². The zero-order valence-corrected chi connectivity index (χ0v) is 11.9. The van der Waals surface area contributed by atoms with E-state index in [2.05, 4.69) is 11.4 Å². The Labute approximate surface area is 114 Å². The van der Waals surface area contributed by atoms with Crippen LogP contribution in [0.2, 0.25) is 0 Å². The molecule has 104 valence electrons. The van der Waals surface area contributed by atoms with E-state index in [1.54, 1.807) is 18.2 Å². The molecule has 0 saturated heterocycles. The lowest BCUT2D eigenvalue weighted by Gasteiger charge is -2.15. The van der Waals surface area contributed by atoms with E-state index in [0.29, 0.717) is 17.2 Å². The van der Waals surface area contributed by atoms with Gasteiger partial charge in [-0.25, -0.2) is 8.42 Å². The number of sulfone groups is 1. The predicted molar refractivity (Wildman–Crippen MR) is 76.2 cm³/mol. The molecule has 1 aliphatic rings. The first kappa shape index (κ1) is 14.1. The highest BCUT2D eigenvalue weighted by Gasteiger charge is 2.12. The van der Waals surface area contributed by atoms with Crippen LogP contribution in [0.1, 0.15) is 12.8 Å². The zero-order valence-electron chi connectivity index (χ0n) is 11.1. The third kappa shape index (κ3) is 4.08. The van der Waals surface area contributed by atoms with Gasteiger partial charge in [0, 0.05) is 12.8 Å². The van der Waals surface area contributed by atoms with Gasteiger partial charge in [-0.15, -0.1) is 0 Å². The van der Waals surface area contributed by atoms with Gasteiger partial charge in [0.1, 0.15) is 0 Å². The summed E-state index contributed by atoms with van der Waals surface area (Å²) in [5, 5.41) is 3.21. The summed E-state index contributed by atoms with van der Waals surface area (Å²) in [5.41, 5.74) is 2.05. The third-order valence-corrected chi connectivity index (χ3v) is 4.26. The molecule has 0 aliphatic carbocycles. The maximum atomic E-state index is 11.7. The molecule has 1 heterocycles. The molecule has 5 heteroatoms. The molecule has 1 aromatic carbocycles. The number of hydrogen-bond acceptors (Lipinski definition) is 4. The van der Waals surface area contributed by atoms with Crippen molar-refractivity contribution < 1.29 is 13.2 Å². The third-order valence-electron chi connectivity index (χ3n) is 3.11. The van der Waals surface area contributed by atoms with Gasteiger partial charge in [-0.3, -0.25) is 0 Å². The molecule has 4 nitrogen and oxygen atoms in total. The average molecular weight is 281 g/mol. The van der Waals surface area contributed by atoms with Crippen molar-refractivity contribution in [3.63, 3.8) is 0 Å². The van der Waals surface area contributed by atoms with Crippen molar-refractivity contribution >= 4 is 15.5 Å². The quantitative estimate of drug-likeness (QED) is 0.841. The summed E-state index contributed by atoms with van der Waals surface area (Å²) in [4.78, 5) is 0.357. The first-order chi connectivity index (χ1) is 9.07. The molecule has 0 spiro atoms. The van der Waals surface area contributed by atoms with Gasteiger partial charge >= 0.3 is 0 Å². The van der Waals surface area contributed by atoms with E-state index in [4.69, 9.17) is 4.74 Å². The van der Waals surface area contributed by atoms with Gasteiger partial charge in [0.25, 0.3) is 0 Å². The van der Waals surface area contributed by atoms with E-state index < -0.39 is 9.84 Å². The summed E-state index contributed by atoms with van der Waals surface area (Å²) in [6.07, 6.45) is 5.22. The van der Waals surface area contributed by atoms with Crippen LogP contribution in [0.3, 0.4) is 0 Å². The van der Waals surface area contributed by atoms with E-state index in [9.17, 15) is 8.42 Å². The molecule has 19 heavy (non-hydrogen) atoms. The molecular weight excluding hydrogens is 262 g/mol. The lowest BCUT2D eigenvalue weighted by Crippen LogP contribution is -2.10. The Bertz CT molecular complexity index is 564. The highest BCUT2D eigenvalue weighted by atomic mass is 32.2. The van der Waals surface area contributed by atoms with Crippen molar-refractivity contribution in [2.24, 2.45) is 0 Å².